The largest absolute Gasteiger partial charge is 0.334 e. The van der Waals surface area contributed by atoms with E-state index in [9.17, 15) is 4.79 Å². The zero-order valence-corrected chi connectivity index (χ0v) is 14.1. The Labute approximate surface area is 139 Å². The Hall–Kier alpha value is -1.14. The highest BCUT2D eigenvalue weighted by atomic mass is 35.5. The maximum atomic E-state index is 12.4. The Kier molecular flexibility index (Phi) is 6.61. The summed E-state index contributed by atoms with van der Waals surface area (Å²) in [4.78, 5) is 18.2. The van der Waals surface area contributed by atoms with E-state index in [1.807, 2.05) is 31.2 Å². The lowest BCUT2D eigenvalue weighted by Crippen LogP contribution is -2.30. The summed E-state index contributed by atoms with van der Waals surface area (Å²) in [5.74, 6) is -0.108. The highest BCUT2D eigenvalue weighted by Crippen LogP contribution is 2.22. The van der Waals surface area contributed by atoms with E-state index < -0.39 is 0 Å². The Morgan fingerprint density at radius 3 is 2.57 bits per heavy atom. The monoisotopic (exact) mass is 345 g/mol. The zero-order chi connectivity index (χ0) is 14.7. The lowest BCUT2D eigenvalue weighted by Gasteiger charge is -2.24. The number of aromatic nitrogens is 1. The topological polar surface area (TPSA) is 59.2 Å². The quantitative estimate of drug-likeness (QED) is 0.922. The Bertz CT molecular complexity index is 601. The molecule has 2 aromatic rings. The minimum atomic E-state index is -0.108. The summed E-state index contributed by atoms with van der Waals surface area (Å²) in [5, 5.41) is 3.19. The molecule has 0 bridgehead atoms. The summed E-state index contributed by atoms with van der Waals surface area (Å²) in [7, 11) is 1.77. The second-order valence-electron chi connectivity index (χ2n) is 4.47. The predicted octanol–water partition coefficient (Wildman–Crippen LogP) is 3.51. The molecule has 2 rings (SSSR count). The van der Waals surface area contributed by atoms with E-state index in [2.05, 4.69) is 4.98 Å². The summed E-state index contributed by atoms with van der Waals surface area (Å²) in [6.07, 6.45) is 0. The highest BCUT2D eigenvalue weighted by Gasteiger charge is 2.21. The van der Waals surface area contributed by atoms with Crippen LogP contribution in [0.15, 0.2) is 29.6 Å². The molecule has 114 valence electrons. The van der Waals surface area contributed by atoms with Gasteiger partial charge in [0.15, 0.2) is 0 Å². The molecule has 1 aromatic heterocycles. The molecular weight excluding hydrogens is 329 g/mol. The van der Waals surface area contributed by atoms with Crippen molar-refractivity contribution in [1.29, 1.82) is 0 Å². The Morgan fingerprint density at radius 2 is 2.05 bits per heavy atom. The first-order chi connectivity index (χ1) is 9.52. The number of halogens is 2. The molecule has 0 aliphatic carbocycles. The molecule has 0 aliphatic rings. The Morgan fingerprint density at radius 1 is 1.43 bits per heavy atom. The standard InChI is InChI=1S/C14H16ClN3OS.ClH/c1-9(10-3-5-11(15)6-4-10)18(2)14(19)12-8-20-13(7-16)17-12;/h3-6,8-9H,7,16H2,1-2H3;1H. The van der Waals surface area contributed by atoms with Crippen LogP contribution in [0.2, 0.25) is 5.02 Å². The van der Waals surface area contributed by atoms with E-state index in [4.69, 9.17) is 17.3 Å². The van der Waals surface area contributed by atoms with Crippen molar-refractivity contribution in [2.45, 2.75) is 19.5 Å². The van der Waals surface area contributed by atoms with E-state index in [1.54, 1.807) is 17.3 Å². The van der Waals surface area contributed by atoms with Gasteiger partial charge >= 0.3 is 0 Å². The molecule has 1 unspecified atom stereocenters. The van der Waals surface area contributed by atoms with Crippen LogP contribution in [0, 0.1) is 0 Å². The molecule has 1 aromatic carbocycles. The van der Waals surface area contributed by atoms with E-state index in [0.29, 0.717) is 17.3 Å². The van der Waals surface area contributed by atoms with Gasteiger partial charge in [0.2, 0.25) is 0 Å². The summed E-state index contributed by atoms with van der Waals surface area (Å²) in [6.45, 7) is 2.33. The summed E-state index contributed by atoms with van der Waals surface area (Å²) in [6, 6.07) is 7.43. The molecule has 0 saturated carbocycles. The fourth-order valence-electron chi connectivity index (χ4n) is 1.82. The number of hydrogen-bond donors (Lipinski definition) is 1. The molecule has 1 amide bonds. The van der Waals surface area contributed by atoms with Crippen molar-refractivity contribution in [3.8, 4) is 0 Å². The molecule has 0 aliphatic heterocycles. The fraction of sp³-hybridized carbons (Fsp3) is 0.286. The number of benzene rings is 1. The minimum Gasteiger partial charge on any atom is -0.334 e. The van der Waals surface area contributed by atoms with Crippen molar-refractivity contribution in [2.24, 2.45) is 5.73 Å². The third-order valence-electron chi connectivity index (χ3n) is 3.20. The molecule has 0 saturated heterocycles. The fourth-order valence-corrected chi connectivity index (χ4v) is 2.60. The molecule has 21 heavy (non-hydrogen) atoms. The number of rotatable bonds is 4. The van der Waals surface area contributed by atoms with Gasteiger partial charge in [0, 0.05) is 24.0 Å². The van der Waals surface area contributed by atoms with Crippen LogP contribution in [0.1, 0.15) is 34.0 Å². The van der Waals surface area contributed by atoms with Gasteiger partial charge in [0.05, 0.1) is 6.04 Å². The van der Waals surface area contributed by atoms with Crippen LogP contribution in [0.4, 0.5) is 0 Å². The van der Waals surface area contributed by atoms with Gasteiger partial charge < -0.3 is 10.6 Å². The maximum absolute atomic E-state index is 12.4. The van der Waals surface area contributed by atoms with Crippen molar-refractivity contribution >= 4 is 41.3 Å². The van der Waals surface area contributed by atoms with Crippen molar-refractivity contribution in [2.75, 3.05) is 7.05 Å². The second kappa shape index (κ2) is 7.75. The first-order valence-electron chi connectivity index (χ1n) is 6.20. The number of amides is 1. The van der Waals surface area contributed by atoms with Gasteiger partial charge in [-0.25, -0.2) is 4.98 Å². The van der Waals surface area contributed by atoms with E-state index in [1.165, 1.54) is 11.3 Å². The van der Waals surface area contributed by atoms with E-state index in [-0.39, 0.29) is 24.4 Å². The van der Waals surface area contributed by atoms with Gasteiger partial charge in [-0.3, -0.25) is 4.79 Å². The lowest BCUT2D eigenvalue weighted by atomic mass is 10.1. The van der Waals surface area contributed by atoms with E-state index >= 15 is 0 Å². The van der Waals surface area contributed by atoms with E-state index in [0.717, 1.165) is 10.6 Å². The summed E-state index contributed by atoms with van der Waals surface area (Å²) in [5.41, 5.74) is 6.99. The first-order valence-corrected chi connectivity index (χ1v) is 7.45. The molecule has 1 atom stereocenters. The van der Waals surface area contributed by atoms with Gasteiger partial charge in [0.25, 0.3) is 5.91 Å². The average Bonchev–Trinajstić information content (AvgIpc) is 2.94. The molecule has 2 N–H and O–H groups in total. The van der Waals surface area contributed by atoms with Crippen LogP contribution in [0.25, 0.3) is 0 Å². The van der Waals surface area contributed by atoms with Crippen LogP contribution in [0.5, 0.6) is 0 Å². The molecule has 4 nitrogen and oxygen atoms in total. The zero-order valence-electron chi connectivity index (χ0n) is 11.7. The molecular formula is C14H17Cl2N3OS. The summed E-state index contributed by atoms with van der Waals surface area (Å²) < 4.78 is 0. The van der Waals surface area contributed by atoms with Crippen molar-refractivity contribution < 1.29 is 4.79 Å². The smallest absolute Gasteiger partial charge is 0.273 e. The van der Waals surface area contributed by atoms with Gasteiger partial charge in [0.1, 0.15) is 10.7 Å². The van der Waals surface area contributed by atoms with Gasteiger partial charge in [-0.1, -0.05) is 23.7 Å². The first kappa shape index (κ1) is 17.9. The number of hydrogen-bond acceptors (Lipinski definition) is 4. The van der Waals surface area contributed by atoms with Crippen molar-refractivity contribution in [1.82, 2.24) is 9.88 Å². The number of nitrogens with zero attached hydrogens (tertiary/aromatic N) is 2. The number of carbonyl (C=O) groups is 1. The van der Waals surface area contributed by atoms with Crippen LogP contribution in [-0.2, 0) is 6.54 Å². The molecule has 0 spiro atoms. The maximum Gasteiger partial charge on any atom is 0.273 e. The van der Waals surface area contributed by atoms with Crippen LogP contribution in [0.3, 0.4) is 0 Å². The SMILES string of the molecule is CC(c1ccc(Cl)cc1)N(C)C(=O)c1csc(CN)n1.Cl. The third kappa shape index (κ3) is 4.17. The van der Waals surface area contributed by atoms with Gasteiger partial charge in [-0.05, 0) is 24.6 Å². The van der Waals surface area contributed by atoms with Crippen molar-refractivity contribution in [3.05, 3.63) is 50.9 Å². The molecule has 1 heterocycles. The van der Waals surface area contributed by atoms with Crippen LogP contribution >= 0.6 is 35.3 Å². The third-order valence-corrected chi connectivity index (χ3v) is 4.32. The lowest BCUT2D eigenvalue weighted by molar-refractivity contribution is 0.0737. The minimum absolute atomic E-state index is 0. The molecule has 7 heteroatoms. The number of carbonyl (C=O) groups excluding carboxylic acids is 1. The van der Waals surface area contributed by atoms with Gasteiger partial charge in [-0.2, -0.15) is 0 Å². The average molecular weight is 346 g/mol. The summed E-state index contributed by atoms with van der Waals surface area (Å²) >= 11 is 7.28. The second-order valence-corrected chi connectivity index (χ2v) is 5.85. The number of thiazole rings is 1. The van der Waals surface area contributed by atoms with Crippen molar-refractivity contribution in [3.63, 3.8) is 0 Å². The normalized spacial score (nSPS) is 11.6. The highest BCUT2D eigenvalue weighted by molar-refractivity contribution is 7.09. The van der Waals surface area contributed by atoms with Gasteiger partial charge in [-0.15, -0.1) is 23.7 Å². The number of nitrogens with two attached hydrogens (primary N) is 1. The molecule has 0 fully saturated rings. The Balaban J connectivity index is 0.00000220. The predicted molar refractivity (Wildman–Crippen MR) is 89.2 cm³/mol. The van der Waals surface area contributed by atoms with Crippen LogP contribution in [-0.4, -0.2) is 22.8 Å². The molecule has 0 radical (unpaired) electrons. The van der Waals surface area contributed by atoms with Crippen LogP contribution < -0.4 is 5.73 Å².